The maximum Gasteiger partial charge on any atom is 0.272 e. The molecular weight excluding hydrogens is 214 g/mol. The van der Waals surface area contributed by atoms with Gasteiger partial charge in [-0.3, -0.25) is 9.78 Å². The molecule has 2 aliphatic rings. The summed E-state index contributed by atoms with van der Waals surface area (Å²) < 4.78 is 0. The number of hydrogen-bond donors (Lipinski definition) is 1. The van der Waals surface area contributed by atoms with Gasteiger partial charge in [-0.15, -0.1) is 0 Å². The van der Waals surface area contributed by atoms with Gasteiger partial charge in [0.05, 0.1) is 0 Å². The summed E-state index contributed by atoms with van der Waals surface area (Å²) in [6, 6.07) is 3.83. The molecule has 1 aromatic rings. The Kier molecular flexibility index (Phi) is 2.50. The van der Waals surface area contributed by atoms with Gasteiger partial charge in [0.15, 0.2) is 0 Å². The van der Waals surface area contributed by atoms with Crippen LogP contribution in [0.4, 0.5) is 5.69 Å². The number of anilines is 1. The highest BCUT2D eigenvalue weighted by Crippen LogP contribution is 2.35. The van der Waals surface area contributed by atoms with E-state index in [9.17, 15) is 4.79 Å². The predicted molar refractivity (Wildman–Crippen MR) is 65.4 cm³/mol. The molecule has 1 heterocycles. The second-order valence-electron chi connectivity index (χ2n) is 5.11. The average molecular weight is 231 g/mol. The Hall–Kier alpha value is -1.58. The van der Waals surface area contributed by atoms with Gasteiger partial charge in [0.2, 0.25) is 0 Å². The zero-order valence-corrected chi connectivity index (χ0v) is 9.80. The third-order valence-electron chi connectivity index (χ3n) is 3.40. The maximum atomic E-state index is 12.3. The van der Waals surface area contributed by atoms with Crippen LogP contribution < -0.4 is 5.73 Å². The van der Waals surface area contributed by atoms with Gasteiger partial charge in [-0.2, -0.15) is 0 Å². The van der Waals surface area contributed by atoms with Gasteiger partial charge in [-0.1, -0.05) is 0 Å². The minimum atomic E-state index is 0.0479. The van der Waals surface area contributed by atoms with E-state index in [0.29, 0.717) is 17.4 Å². The molecule has 1 aromatic heterocycles. The summed E-state index contributed by atoms with van der Waals surface area (Å²) in [5.41, 5.74) is 6.78. The normalized spacial score (nSPS) is 19.1. The highest BCUT2D eigenvalue weighted by Gasteiger charge is 2.37. The third kappa shape index (κ3) is 2.40. The fourth-order valence-corrected chi connectivity index (χ4v) is 2.07. The van der Waals surface area contributed by atoms with Crippen LogP contribution in [-0.2, 0) is 0 Å². The van der Waals surface area contributed by atoms with Gasteiger partial charge in [-0.05, 0) is 43.7 Å². The maximum absolute atomic E-state index is 12.3. The molecule has 90 valence electrons. The van der Waals surface area contributed by atoms with Gasteiger partial charge < -0.3 is 10.6 Å². The second-order valence-corrected chi connectivity index (χ2v) is 5.11. The number of carbonyl (C=O) groups excluding carboxylic acids is 1. The Morgan fingerprint density at radius 1 is 1.41 bits per heavy atom. The van der Waals surface area contributed by atoms with E-state index in [2.05, 4.69) is 4.98 Å². The van der Waals surface area contributed by atoms with Crippen molar-refractivity contribution in [1.82, 2.24) is 9.88 Å². The molecule has 0 aromatic carbocycles. The number of hydrogen-bond acceptors (Lipinski definition) is 3. The van der Waals surface area contributed by atoms with Crippen LogP contribution in [0, 0.1) is 5.92 Å². The van der Waals surface area contributed by atoms with Crippen molar-refractivity contribution in [3.8, 4) is 0 Å². The minimum absolute atomic E-state index is 0.0479. The Morgan fingerprint density at radius 3 is 2.76 bits per heavy atom. The quantitative estimate of drug-likeness (QED) is 0.857. The summed E-state index contributed by atoms with van der Waals surface area (Å²) in [7, 11) is 0. The smallest absolute Gasteiger partial charge is 0.272 e. The molecule has 3 rings (SSSR count). The molecule has 2 N–H and O–H groups in total. The van der Waals surface area contributed by atoms with Crippen molar-refractivity contribution < 1.29 is 4.79 Å². The van der Waals surface area contributed by atoms with E-state index in [0.717, 1.165) is 25.3 Å². The molecule has 2 fully saturated rings. The molecule has 0 saturated heterocycles. The highest BCUT2D eigenvalue weighted by atomic mass is 16.2. The van der Waals surface area contributed by atoms with Gasteiger partial charge in [0.1, 0.15) is 5.69 Å². The van der Waals surface area contributed by atoms with Crippen LogP contribution in [0.5, 0.6) is 0 Å². The Labute approximate surface area is 101 Å². The molecule has 0 atom stereocenters. The van der Waals surface area contributed by atoms with E-state index in [1.165, 1.54) is 12.8 Å². The van der Waals surface area contributed by atoms with Crippen molar-refractivity contribution in [1.29, 1.82) is 0 Å². The van der Waals surface area contributed by atoms with E-state index in [4.69, 9.17) is 5.73 Å². The molecule has 0 aliphatic heterocycles. The Bertz CT molecular complexity index is 438. The van der Waals surface area contributed by atoms with Crippen LogP contribution in [0.25, 0.3) is 0 Å². The molecule has 4 nitrogen and oxygen atoms in total. The lowest BCUT2D eigenvalue weighted by molar-refractivity contribution is 0.0729. The largest absolute Gasteiger partial charge is 0.399 e. The fourth-order valence-electron chi connectivity index (χ4n) is 2.07. The summed E-state index contributed by atoms with van der Waals surface area (Å²) in [5.74, 6) is 0.771. The van der Waals surface area contributed by atoms with Gasteiger partial charge in [0, 0.05) is 24.5 Å². The molecule has 4 heteroatoms. The van der Waals surface area contributed by atoms with Crippen molar-refractivity contribution >= 4 is 11.6 Å². The molecule has 2 saturated carbocycles. The van der Waals surface area contributed by atoms with E-state index in [1.807, 2.05) is 4.90 Å². The SMILES string of the molecule is Nc1ccnc(C(=O)N(CC2CC2)C2CC2)c1. The van der Waals surface area contributed by atoms with E-state index in [-0.39, 0.29) is 5.91 Å². The molecular formula is C13H17N3O. The Balaban J connectivity index is 1.77. The molecule has 17 heavy (non-hydrogen) atoms. The summed E-state index contributed by atoms with van der Waals surface area (Å²) in [6.07, 6.45) is 6.41. The van der Waals surface area contributed by atoms with Crippen LogP contribution in [0.3, 0.4) is 0 Å². The lowest BCUT2D eigenvalue weighted by atomic mass is 10.2. The van der Waals surface area contributed by atoms with Crippen molar-refractivity contribution in [3.05, 3.63) is 24.0 Å². The van der Waals surface area contributed by atoms with Crippen molar-refractivity contribution in [3.63, 3.8) is 0 Å². The molecule has 0 unspecified atom stereocenters. The molecule has 2 aliphatic carbocycles. The van der Waals surface area contributed by atoms with E-state index >= 15 is 0 Å². The molecule has 0 radical (unpaired) electrons. The first-order valence-electron chi connectivity index (χ1n) is 6.26. The van der Waals surface area contributed by atoms with E-state index < -0.39 is 0 Å². The number of carbonyl (C=O) groups is 1. The third-order valence-corrected chi connectivity index (χ3v) is 3.40. The molecule has 0 spiro atoms. The standard InChI is InChI=1S/C13H17N3O/c14-10-5-6-15-12(7-10)13(17)16(11-3-4-11)8-9-1-2-9/h5-7,9,11H,1-4,8H2,(H2,14,15). The number of aromatic nitrogens is 1. The fraction of sp³-hybridized carbons (Fsp3) is 0.538. The highest BCUT2D eigenvalue weighted by molar-refractivity contribution is 5.93. The summed E-state index contributed by atoms with van der Waals surface area (Å²) in [5, 5.41) is 0. The van der Waals surface area contributed by atoms with Crippen LogP contribution in [0.15, 0.2) is 18.3 Å². The van der Waals surface area contributed by atoms with Crippen LogP contribution in [0.2, 0.25) is 0 Å². The zero-order valence-electron chi connectivity index (χ0n) is 9.80. The lowest BCUT2D eigenvalue weighted by Crippen LogP contribution is -2.35. The van der Waals surface area contributed by atoms with Gasteiger partial charge in [-0.25, -0.2) is 0 Å². The first-order chi connectivity index (χ1) is 8.24. The molecule has 1 amide bonds. The van der Waals surface area contributed by atoms with Crippen LogP contribution in [0.1, 0.15) is 36.2 Å². The number of nitrogens with zero attached hydrogens (tertiary/aromatic N) is 2. The number of nitrogens with two attached hydrogens (primary N) is 1. The lowest BCUT2D eigenvalue weighted by Gasteiger charge is -2.21. The first-order valence-corrected chi connectivity index (χ1v) is 6.26. The number of rotatable bonds is 4. The summed E-state index contributed by atoms with van der Waals surface area (Å²) in [4.78, 5) is 18.5. The van der Waals surface area contributed by atoms with Crippen molar-refractivity contribution in [2.75, 3.05) is 12.3 Å². The van der Waals surface area contributed by atoms with Crippen LogP contribution in [-0.4, -0.2) is 28.4 Å². The average Bonchev–Trinajstić information content (AvgIpc) is 3.16. The van der Waals surface area contributed by atoms with Crippen molar-refractivity contribution in [2.45, 2.75) is 31.7 Å². The van der Waals surface area contributed by atoms with Crippen molar-refractivity contribution in [2.24, 2.45) is 5.92 Å². The van der Waals surface area contributed by atoms with Crippen LogP contribution >= 0.6 is 0 Å². The molecule has 0 bridgehead atoms. The monoisotopic (exact) mass is 231 g/mol. The van der Waals surface area contributed by atoms with Gasteiger partial charge >= 0.3 is 0 Å². The first kappa shape index (κ1) is 10.6. The summed E-state index contributed by atoms with van der Waals surface area (Å²) >= 11 is 0. The Morgan fingerprint density at radius 2 is 2.18 bits per heavy atom. The minimum Gasteiger partial charge on any atom is -0.399 e. The van der Waals surface area contributed by atoms with E-state index in [1.54, 1.807) is 18.3 Å². The zero-order chi connectivity index (χ0) is 11.8. The summed E-state index contributed by atoms with van der Waals surface area (Å²) in [6.45, 7) is 0.903. The van der Waals surface area contributed by atoms with Gasteiger partial charge in [0.25, 0.3) is 5.91 Å². The number of nitrogen functional groups attached to an aromatic ring is 1. The topological polar surface area (TPSA) is 59.2 Å². The number of pyridine rings is 1. The second kappa shape index (κ2) is 4.02. The predicted octanol–water partition coefficient (Wildman–Crippen LogP) is 1.68. The number of amides is 1.